The van der Waals surface area contributed by atoms with Gasteiger partial charge in [-0.05, 0) is 38.3 Å². The third kappa shape index (κ3) is 3.30. The minimum Gasteiger partial charge on any atom is -0.460 e. The molecule has 3 heterocycles. The number of nitrogens with zero attached hydrogens (tertiary/aromatic N) is 2. The second kappa shape index (κ2) is 6.17. The van der Waals surface area contributed by atoms with Crippen LogP contribution in [-0.4, -0.2) is 56.5 Å². The molecule has 3 N–H and O–H groups in total. The van der Waals surface area contributed by atoms with Crippen LogP contribution in [0, 0.1) is 6.92 Å². The molecule has 1 saturated heterocycles. The summed E-state index contributed by atoms with van der Waals surface area (Å²) in [5, 5.41) is 26.3. The van der Waals surface area contributed by atoms with Gasteiger partial charge in [-0.15, -0.1) is 0 Å². The van der Waals surface area contributed by atoms with E-state index in [1.54, 1.807) is 11.0 Å². The molecular weight excluding hydrogens is 298 g/mol. The number of amides is 1. The maximum absolute atomic E-state index is 12.6. The van der Waals surface area contributed by atoms with E-state index in [1.807, 2.05) is 19.1 Å². The van der Waals surface area contributed by atoms with Gasteiger partial charge >= 0.3 is 0 Å². The molecule has 0 unspecified atom stereocenters. The fourth-order valence-electron chi connectivity index (χ4n) is 2.84. The first-order valence-corrected chi connectivity index (χ1v) is 7.75. The largest absolute Gasteiger partial charge is 0.460 e. The number of aliphatic hydroxyl groups excluding tert-OH is 1. The van der Waals surface area contributed by atoms with Crippen molar-refractivity contribution >= 4 is 5.91 Å². The van der Waals surface area contributed by atoms with Gasteiger partial charge in [0.25, 0.3) is 5.91 Å². The lowest BCUT2D eigenvalue weighted by Gasteiger charge is -2.24. The van der Waals surface area contributed by atoms with E-state index < -0.39 is 5.60 Å². The van der Waals surface area contributed by atoms with Gasteiger partial charge < -0.3 is 19.5 Å². The second-order valence-electron chi connectivity index (χ2n) is 6.11. The smallest absolute Gasteiger partial charge is 0.274 e. The average molecular weight is 319 g/mol. The molecule has 2 aromatic heterocycles. The van der Waals surface area contributed by atoms with Gasteiger partial charge in [-0.3, -0.25) is 9.89 Å². The van der Waals surface area contributed by atoms with Crippen LogP contribution < -0.4 is 0 Å². The molecule has 1 aliphatic rings. The Kier molecular flexibility index (Phi) is 4.23. The van der Waals surface area contributed by atoms with Crippen LogP contribution in [0.4, 0.5) is 0 Å². The number of aryl methyl sites for hydroxylation is 1. The number of aromatic nitrogens is 2. The number of likely N-dealkylation sites (tertiary alicyclic amines) is 1. The molecule has 2 aromatic rings. The van der Waals surface area contributed by atoms with Crippen LogP contribution in [0.25, 0.3) is 11.5 Å². The zero-order valence-corrected chi connectivity index (χ0v) is 13.1. The number of aliphatic hydroxyl groups is 2. The zero-order chi connectivity index (χ0) is 16.4. The van der Waals surface area contributed by atoms with Crippen LogP contribution in [0.5, 0.6) is 0 Å². The molecule has 3 rings (SSSR count). The molecular formula is C16H21N3O4. The number of furan rings is 1. The van der Waals surface area contributed by atoms with Gasteiger partial charge in [0.2, 0.25) is 0 Å². The van der Waals surface area contributed by atoms with Crippen molar-refractivity contribution in [3.8, 4) is 11.5 Å². The Bertz CT molecular complexity index is 693. The van der Waals surface area contributed by atoms with Crippen molar-refractivity contribution in [1.82, 2.24) is 15.1 Å². The van der Waals surface area contributed by atoms with Gasteiger partial charge in [-0.25, -0.2) is 0 Å². The number of carbonyl (C=O) groups is 1. The molecule has 1 atom stereocenters. The summed E-state index contributed by atoms with van der Waals surface area (Å²) in [5.41, 5.74) is -0.107. The maximum atomic E-state index is 12.6. The van der Waals surface area contributed by atoms with Gasteiger partial charge in [-0.2, -0.15) is 5.10 Å². The van der Waals surface area contributed by atoms with Gasteiger partial charge in [0.05, 0.1) is 12.2 Å². The lowest BCUT2D eigenvalue weighted by molar-refractivity contribution is -0.0250. The molecule has 0 bridgehead atoms. The molecule has 1 amide bonds. The van der Waals surface area contributed by atoms with Gasteiger partial charge in [0.15, 0.2) is 11.5 Å². The lowest BCUT2D eigenvalue weighted by Crippen LogP contribution is -2.36. The van der Waals surface area contributed by atoms with E-state index >= 15 is 0 Å². The van der Waals surface area contributed by atoms with Crippen molar-refractivity contribution in [3.63, 3.8) is 0 Å². The van der Waals surface area contributed by atoms with E-state index in [0.29, 0.717) is 49.5 Å². The molecule has 0 spiro atoms. The van der Waals surface area contributed by atoms with Crippen molar-refractivity contribution in [2.75, 3.05) is 19.7 Å². The van der Waals surface area contributed by atoms with Crippen molar-refractivity contribution in [2.24, 2.45) is 0 Å². The Balaban J connectivity index is 1.72. The third-order valence-electron chi connectivity index (χ3n) is 4.30. The standard InChI is InChI=1S/C16H21N3O4/c1-11-3-4-14(23-11)12-9-13(18-17-12)15(21)19-7-2-5-16(22,10-20)6-8-19/h3-4,9,20,22H,2,5-8,10H2,1H3,(H,17,18)/t16-/m0/s1. The number of aromatic amines is 1. The Hall–Kier alpha value is -2.12. The highest BCUT2D eigenvalue weighted by Crippen LogP contribution is 2.24. The molecule has 0 saturated carbocycles. The molecule has 23 heavy (non-hydrogen) atoms. The number of hydrogen-bond acceptors (Lipinski definition) is 5. The minimum atomic E-state index is -1.09. The van der Waals surface area contributed by atoms with Crippen LogP contribution in [0.1, 0.15) is 35.5 Å². The van der Waals surface area contributed by atoms with Crippen LogP contribution in [0.15, 0.2) is 22.6 Å². The third-order valence-corrected chi connectivity index (χ3v) is 4.30. The molecule has 0 aliphatic carbocycles. The summed E-state index contributed by atoms with van der Waals surface area (Å²) in [7, 11) is 0. The van der Waals surface area contributed by atoms with Gasteiger partial charge in [-0.1, -0.05) is 0 Å². The number of rotatable bonds is 3. The molecule has 7 nitrogen and oxygen atoms in total. The fourth-order valence-corrected chi connectivity index (χ4v) is 2.84. The minimum absolute atomic E-state index is 0.182. The Morgan fingerprint density at radius 1 is 1.43 bits per heavy atom. The predicted molar refractivity (Wildman–Crippen MR) is 82.8 cm³/mol. The van der Waals surface area contributed by atoms with E-state index in [2.05, 4.69) is 10.2 Å². The highest BCUT2D eigenvalue weighted by molar-refractivity contribution is 5.93. The Morgan fingerprint density at radius 2 is 2.26 bits per heavy atom. The normalized spacial score (nSPS) is 22.1. The van der Waals surface area contributed by atoms with Crippen LogP contribution in [-0.2, 0) is 0 Å². The van der Waals surface area contributed by atoms with Crippen molar-refractivity contribution in [3.05, 3.63) is 29.7 Å². The molecule has 0 radical (unpaired) electrons. The Labute approximate surface area is 133 Å². The van der Waals surface area contributed by atoms with E-state index in [4.69, 9.17) is 4.42 Å². The van der Waals surface area contributed by atoms with E-state index in [9.17, 15) is 15.0 Å². The van der Waals surface area contributed by atoms with Crippen molar-refractivity contribution in [1.29, 1.82) is 0 Å². The summed E-state index contributed by atoms with van der Waals surface area (Å²) >= 11 is 0. The van der Waals surface area contributed by atoms with Crippen molar-refractivity contribution in [2.45, 2.75) is 31.8 Å². The van der Waals surface area contributed by atoms with Gasteiger partial charge in [0.1, 0.15) is 11.5 Å². The predicted octanol–water partition coefficient (Wildman–Crippen LogP) is 1.33. The number of hydrogen-bond donors (Lipinski definition) is 3. The summed E-state index contributed by atoms with van der Waals surface area (Å²) in [6.45, 7) is 2.52. The summed E-state index contributed by atoms with van der Waals surface area (Å²) < 4.78 is 5.51. The summed E-state index contributed by atoms with van der Waals surface area (Å²) in [4.78, 5) is 14.2. The maximum Gasteiger partial charge on any atom is 0.274 e. The highest BCUT2D eigenvalue weighted by Gasteiger charge is 2.31. The Morgan fingerprint density at radius 3 is 2.96 bits per heavy atom. The SMILES string of the molecule is Cc1ccc(-c2cc(C(=O)N3CCC[C@@](O)(CO)CC3)n[nH]2)o1. The fraction of sp³-hybridized carbons (Fsp3) is 0.500. The molecule has 0 aromatic carbocycles. The molecule has 1 aliphatic heterocycles. The molecule has 124 valence electrons. The summed E-state index contributed by atoms with van der Waals surface area (Å²) in [6, 6.07) is 5.34. The monoisotopic (exact) mass is 319 g/mol. The van der Waals surface area contributed by atoms with Crippen LogP contribution in [0.2, 0.25) is 0 Å². The quantitative estimate of drug-likeness (QED) is 0.792. The average Bonchev–Trinajstić information content (AvgIpc) is 3.14. The first kappa shape index (κ1) is 15.8. The first-order chi connectivity index (χ1) is 11.0. The lowest BCUT2D eigenvalue weighted by atomic mass is 9.96. The van der Waals surface area contributed by atoms with Crippen LogP contribution in [0.3, 0.4) is 0 Å². The molecule has 7 heteroatoms. The molecule has 1 fully saturated rings. The van der Waals surface area contributed by atoms with Crippen LogP contribution >= 0.6 is 0 Å². The zero-order valence-electron chi connectivity index (χ0n) is 13.1. The number of H-pyrrole nitrogens is 1. The first-order valence-electron chi connectivity index (χ1n) is 7.75. The second-order valence-corrected chi connectivity index (χ2v) is 6.11. The van der Waals surface area contributed by atoms with Crippen molar-refractivity contribution < 1.29 is 19.4 Å². The van der Waals surface area contributed by atoms with Gasteiger partial charge in [0, 0.05) is 19.2 Å². The summed E-state index contributed by atoms with van der Waals surface area (Å²) in [6.07, 6.45) is 1.51. The van der Waals surface area contributed by atoms with E-state index in [0.717, 1.165) is 5.76 Å². The van der Waals surface area contributed by atoms with E-state index in [1.165, 1.54) is 0 Å². The number of carbonyl (C=O) groups excluding carboxylic acids is 1. The highest BCUT2D eigenvalue weighted by atomic mass is 16.3. The number of nitrogens with one attached hydrogen (secondary N) is 1. The summed E-state index contributed by atoms with van der Waals surface area (Å²) in [5.74, 6) is 1.25. The van der Waals surface area contributed by atoms with E-state index in [-0.39, 0.29) is 12.5 Å². The topological polar surface area (TPSA) is 103 Å².